The van der Waals surface area contributed by atoms with Crippen molar-refractivity contribution in [3.05, 3.63) is 36.1 Å². The smallest absolute Gasteiger partial charge is 0.306 e. The fraction of sp³-hybridized carbons (Fsp3) is 0.735. The molecule has 3 N–H and O–H groups in total. The number of rotatable bonds is 13. The molecule has 11 heteroatoms. The van der Waals surface area contributed by atoms with Crippen molar-refractivity contribution in [3.8, 4) is 0 Å². The molecular formula is C34H48O11. The summed E-state index contributed by atoms with van der Waals surface area (Å²) in [4.78, 5) is 40.6. The number of epoxide rings is 1. The Morgan fingerprint density at radius 1 is 1.13 bits per heavy atom. The third-order valence-corrected chi connectivity index (χ3v) is 10.8. The van der Waals surface area contributed by atoms with Crippen molar-refractivity contribution in [1.82, 2.24) is 0 Å². The zero-order chi connectivity index (χ0) is 32.8. The fourth-order valence-corrected chi connectivity index (χ4v) is 8.49. The van der Waals surface area contributed by atoms with Crippen LogP contribution in [0, 0.1) is 17.8 Å². The highest BCUT2D eigenvalue weighted by Gasteiger charge is 2.87. The van der Waals surface area contributed by atoms with Crippen LogP contribution in [0.25, 0.3) is 0 Å². The highest BCUT2D eigenvalue weighted by Crippen LogP contribution is 2.67. The van der Waals surface area contributed by atoms with Crippen molar-refractivity contribution in [1.29, 1.82) is 0 Å². The molecule has 0 unspecified atom stereocenters. The molecule has 2 aliphatic heterocycles. The Morgan fingerprint density at radius 2 is 1.87 bits per heavy atom. The number of Topliss-reactive ketones (excluding diaryl/α,β-unsaturated/α-hetero) is 2. The summed E-state index contributed by atoms with van der Waals surface area (Å²) < 4.78 is 31.2. The Kier molecular flexibility index (Phi) is 9.54. The largest absolute Gasteiger partial charge is 0.493 e. The van der Waals surface area contributed by atoms with Crippen LogP contribution in [0.4, 0.5) is 0 Å². The molecule has 0 radical (unpaired) electrons. The number of aliphatic hydroxyl groups excluding tert-OH is 2. The lowest BCUT2D eigenvalue weighted by Crippen LogP contribution is -2.77. The average molecular weight is 633 g/mol. The molecule has 2 saturated carbocycles. The molecule has 0 aromatic carbocycles. The summed E-state index contributed by atoms with van der Waals surface area (Å²) >= 11 is 0. The minimum Gasteiger partial charge on any atom is -0.493 e. The van der Waals surface area contributed by atoms with E-state index in [9.17, 15) is 29.7 Å². The number of hydrogen-bond donors (Lipinski definition) is 3. The third kappa shape index (κ3) is 4.88. The Labute approximate surface area is 264 Å². The van der Waals surface area contributed by atoms with E-state index >= 15 is 0 Å². The molecule has 2 saturated heterocycles. The van der Waals surface area contributed by atoms with E-state index in [-0.39, 0.29) is 18.8 Å². The Morgan fingerprint density at radius 3 is 2.53 bits per heavy atom. The fourth-order valence-electron chi connectivity index (χ4n) is 8.49. The van der Waals surface area contributed by atoms with Gasteiger partial charge in [-0.2, -0.15) is 0 Å². The minimum atomic E-state index is -2.46. The van der Waals surface area contributed by atoms with Gasteiger partial charge in [0.1, 0.15) is 42.4 Å². The van der Waals surface area contributed by atoms with E-state index in [0.717, 1.165) is 32.1 Å². The van der Waals surface area contributed by atoms with Crippen LogP contribution in [0.5, 0.6) is 0 Å². The summed E-state index contributed by atoms with van der Waals surface area (Å²) in [6.45, 7) is 7.69. The molecule has 0 spiro atoms. The van der Waals surface area contributed by atoms with Crippen LogP contribution in [-0.4, -0.2) is 93.1 Å². The topological polar surface area (TPSA) is 161 Å². The van der Waals surface area contributed by atoms with Crippen LogP contribution >= 0.6 is 0 Å². The van der Waals surface area contributed by atoms with E-state index < -0.39 is 88.7 Å². The van der Waals surface area contributed by atoms with E-state index in [0.29, 0.717) is 6.42 Å². The first-order chi connectivity index (χ1) is 21.4. The standard InChI is InChI=1S/C34H48O11/c1-6-8-10-11-12-13-14-16-42-33-21(4)27(44-24(37)15-9-7-2)34(22(5)36)29(41-19-43-34)25(33)28-31(18-35,45-28)30(39)32(40)23(33)17-20(3)26(32)38/h12-14,16-17,21,23,25,27-30,35,39-40H,6-11,15,18-19H2,1-5H3/b13-12+,16-14+/t21-,23-,25-,27-,28+,29-,30-,31+,32-,33+,34+/m1/s1. The SMILES string of the molecule is CCCCC/C=C/C=C/O[C@@]12[C@@H]([C@H]3OCO[C@@]3(C(C)=O)[C@H](OC(=O)CCCC)[C@H]1C)[C@@H]1O[C@]1(CO)[C@@H](O)[C@]1(O)C(=O)C(C)=C[C@H]12. The van der Waals surface area contributed by atoms with Gasteiger partial charge in [0.15, 0.2) is 22.8 Å². The van der Waals surface area contributed by atoms with Crippen molar-refractivity contribution >= 4 is 17.5 Å². The average Bonchev–Trinajstić information content (AvgIpc) is 3.51. The summed E-state index contributed by atoms with van der Waals surface area (Å²) in [6.07, 6.45) is 8.95. The highest BCUT2D eigenvalue weighted by molar-refractivity contribution is 6.05. The van der Waals surface area contributed by atoms with E-state index in [2.05, 4.69) is 6.92 Å². The van der Waals surface area contributed by atoms with Crippen molar-refractivity contribution in [2.75, 3.05) is 13.4 Å². The van der Waals surface area contributed by atoms with Gasteiger partial charge in [0.05, 0.1) is 24.7 Å². The van der Waals surface area contributed by atoms with Gasteiger partial charge in [0.25, 0.3) is 0 Å². The Bertz CT molecular complexity index is 1260. The van der Waals surface area contributed by atoms with Gasteiger partial charge in [0, 0.05) is 12.3 Å². The molecule has 0 amide bonds. The molecule has 5 aliphatic rings. The predicted octanol–water partition coefficient (Wildman–Crippen LogP) is 2.84. The van der Waals surface area contributed by atoms with Gasteiger partial charge < -0.3 is 39.0 Å². The van der Waals surface area contributed by atoms with Crippen LogP contribution in [0.15, 0.2) is 36.1 Å². The summed E-state index contributed by atoms with van der Waals surface area (Å²) in [6, 6.07) is 0. The monoisotopic (exact) mass is 632 g/mol. The number of esters is 1. The predicted molar refractivity (Wildman–Crippen MR) is 160 cm³/mol. The third-order valence-electron chi connectivity index (χ3n) is 10.8. The Balaban J connectivity index is 1.69. The number of allylic oxidation sites excluding steroid dienone is 3. The maximum atomic E-state index is 13.8. The van der Waals surface area contributed by atoms with Crippen molar-refractivity contribution in [2.24, 2.45) is 17.8 Å². The molecule has 250 valence electrons. The van der Waals surface area contributed by atoms with Crippen LogP contribution in [0.2, 0.25) is 0 Å². The van der Waals surface area contributed by atoms with Gasteiger partial charge in [-0.25, -0.2) is 0 Å². The summed E-state index contributed by atoms with van der Waals surface area (Å²) in [7, 11) is 0. The maximum Gasteiger partial charge on any atom is 0.306 e. The quantitative estimate of drug-likeness (QED) is 0.0900. The molecule has 0 bridgehead atoms. The van der Waals surface area contributed by atoms with Gasteiger partial charge in [-0.15, -0.1) is 0 Å². The lowest BCUT2D eigenvalue weighted by atomic mass is 9.53. The van der Waals surface area contributed by atoms with Crippen LogP contribution < -0.4 is 0 Å². The second-order valence-electron chi connectivity index (χ2n) is 13.3. The first-order valence-electron chi connectivity index (χ1n) is 16.3. The Hall–Kier alpha value is -2.41. The molecule has 0 aromatic rings. The second kappa shape index (κ2) is 12.7. The molecule has 2 heterocycles. The number of carbonyl (C=O) groups is 3. The number of ether oxygens (including phenoxy) is 5. The van der Waals surface area contributed by atoms with E-state index in [1.165, 1.54) is 13.2 Å². The summed E-state index contributed by atoms with van der Waals surface area (Å²) in [5.74, 6) is -4.76. The highest BCUT2D eigenvalue weighted by atomic mass is 16.7. The lowest BCUT2D eigenvalue weighted by molar-refractivity contribution is -0.265. The lowest BCUT2D eigenvalue weighted by Gasteiger charge is -2.59. The van der Waals surface area contributed by atoms with Gasteiger partial charge in [-0.05, 0) is 44.8 Å². The molecule has 3 aliphatic carbocycles. The first-order valence-corrected chi connectivity index (χ1v) is 16.3. The van der Waals surface area contributed by atoms with Gasteiger partial charge in [-0.1, -0.05) is 58.3 Å². The van der Waals surface area contributed by atoms with Gasteiger partial charge in [-0.3, -0.25) is 14.4 Å². The normalized spacial score (nSPS) is 43.3. The summed E-state index contributed by atoms with van der Waals surface area (Å²) in [5, 5.41) is 34.7. The first kappa shape index (κ1) is 33.9. The molecule has 4 fully saturated rings. The second-order valence-corrected chi connectivity index (χ2v) is 13.3. The summed E-state index contributed by atoms with van der Waals surface area (Å²) in [5.41, 5.74) is -7.39. The molecule has 45 heavy (non-hydrogen) atoms. The number of ketones is 2. The van der Waals surface area contributed by atoms with Crippen molar-refractivity contribution < 1.29 is 53.4 Å². The van der Waals surface area contributed by atoms with E-state index in [4.69, 9.17) is 23.7 Å². The van der Waals surface area contributed by atoms with Crippen molar-refractivity contribution in [3.63, 3.8) is 0 Å². The van der Waals surface area contributed by atoms with Crippen LogP contribution in [-0.2, 0) is 38.1 Å². The van der Waals surface area contributed by atoms with Crippen molar-refractivity contribution in [2.45, 2.75) is 126 Å². The zero-order valence-corrected chi connectivity index (χ0v) is 26.9. The van der Waals surface area contributed by atoms with Gasteiger partial charge in [0.2, 0.25) is 0 Å². The minimum absolute atomic E-state index is 0.113. The van der Waals surface area contributed by atoms with Crippen LogP contribution in [0.1, 0.15) is 79.6 Å². The zero-order valence-electron chi connectivity index (χ0n) is 26.9. The number of unbranched alkanes of at least 4 members (excludes halogenated alkanes) is 4. The van der Waals surface area contributed by atoms with E-state index in [1.54, 1.807) is 26.0 Å². The molecule has 0 aromatic heterocycles. The van der Waals surface area contributed by atoms with Crippen LogP contribution in [0.3, 0.4) is 0 Å². The molecule has 11 nitrogen and oxygen atoms in total. The van der Waals surface area contributed by atoms with Gasteiger partial charge >= 0.3 is 5.97 Å². The molecular weight excluding hydrogens is 584 g/mol. The number of hydrogen-bond acceptors (Lipinski definition) is 11. The number of fused-ring (bicyclic) bond motifs is 7. The maximum absolute atomic E-state index is 13.8. The molecule has 5 rings (SSSR count). The number of carbonyl (C=O) groups excluding carboxylic acids is 3. The number of aliphatic hydroxyl groups is 3. The van der Waals surface area contributed by atoms with E-state index in [1.807, 2.05) is 19.1 Å². The molecule has 11 atom stereocenters.